The highest BCUT2D eigenvalue weighted by Crippen LogP contribution is 2.22. The summed E-state index contributed by atoms with van der Waals surface area (Å²) in [6.45, 7) is 7.70. The summed E-state index contributed by atoms with van der Waals surface area (Å²) in [5, 5.41) is 3.63. The van der Waals surface area contributed by atoms with E-state index in [1.807, 2.05) is 6.07 Å². The molecule has 1 aliphatic heterocycles. The first-order valence-electron chi connectivity index (χ1n) is 7.31. The van der Waals surface area contributed by atoms with Gasteiger partial charge in [-0.15, -0.1) is 0 Å². The zero-order chi connectivity index (χ0) is 14.5. The van der Waals surface area contributed by atoms with Crippen LogP contribution in [0.1, 0.15) is 25.8 Å². The minimum absolute atomic E-state index is 0.578. The lowest BCUT2D eigenvalue weighted by Gasteiger charge is -2.20. The summed E-state index contributed by atoms with van der Waals surface area (Å²) in [5.74, 6) is 1.69. The Morgan fingerprint density at radius 3 is 2.35 bits per heavy atom. The van der Waals surface area contributed by atoms with E-state index in [0.717, 1.165) is 24.6 Å². The molecule has 112 valence electrons. The van der Waals surface area contributed by atoms with Crippen LogP contribution in [-0.2, 0) is 6.54 Å². The van der Waals surface area contributed by atoms with Crippen LogP contribution >= 0.6 is 0 Å². The Morgan fingerprint density at radius 2 is 1.85 bits per heavy atom. The van der Waals surface area contributed by atoms with E-state index in [2.05, 4.69) is 36.2 Å². The van der Waals surface area contributed by atoms with Gasteiger partial charge >= 0.3 is 0 Å². The summed E-state index contributed by atoms with van der Waals surface area (Å²) < 4.78 is 10.6. The molecule has 1 atom stereocenters. The number of ether oxygens (including phenoxy) is 2. The molecule has 1 N–H and O–H groups in total. The Hall–Kier alpha value is -1.26. The number of rotatable bonds is 6. The maximum absolute atomic E-state index is 5.30. The van der Waals surface area contributed by atoms with E-state index in [-0.39, 0.29) is 0 Å². The van der Waals surface area contributed by atoms with Gasteiger partial charge in [0.1, 0.15) is 11.5 Å². The van der Waals surface area contributed by atoms with Crippen molar-refractivity contribution in [2.75, 3.05) is 27.3 Å². The number of methoxy groups -OCH3 is 2. The molecule has 0 aliphatic carbocycles. The van der Waals surface area contributed by atoms with E-state index >= 15 is 0 Å². The summed E-state index contributed by atoms with van der Waals surface area (Å²) in [6, 6.07) is 7.24. The van der Waals surface area contributed by atoms with Gasteiger partial charge in [-0.2, -0.15) is 0 Å². The first kappa shape index (κ1) is 15.1. The molecule has 0 aromatic heterocycles. The van der Waals surface area contributed by atoms with Crippen LogP contribution in [0.4, 0.5) is 0 Å². The average Bonchev–Trinajstić information content (AvgIpc) is 2.93. The number of likely N-dealkylation sites (tertiary alicyclic amines) is 1. The van der Waals surface area contributed by atoms with Gasteiger partial charge in [0.15, 0.2) is 0 Å². The van der Waals surface area contributed by atoms with Gasteiger partial charge in [0.05, 0.1) is 14.2 Å². The van der Waals surface area contributed by atoms with Crippen LogP contribution in [0.25, 0.3) is 0 Å². The summed E-state index contributed by atoms with van der Waals surface area (Å²) in [5.41, 5.74) is 1.20. The third kappa shape index (κ3) is 3.87. The molecule has 20 heavy (non-hydrogen) atoms. The number of nitrogens with one attached hydrogen (secondary N) is 1. The molecular weight excluding hydrogens is 252 g/mol. The van der Waals surface area contributed by atoms with Gasteiger partial charge in [-0.05, 0) is 44.5 Å². The molecule has 1 aliphatic rings. The molecule has 1 aromatic carbocycles. The van der Waals surface area contributed by atoms with E-state index in [9.17, 15) is 0 Å². The maximum atomic E-state index is 5.30. The SMILES string of the molecule is COc1cc(CNC2CCN(C(C)C)C2)cc(OC)c1. The van der Waals surface area contributed by atoms with Crippen molar-refractivity contribution in [2.45, 2.75) is 38.9 Å². The van der Waals surface area contributed by atoms with E-state index in [0.29, 0.717) is 12.1 Å². The van der Waals surface area contributed by atoms with Crippen LogP contribution in [0.15, 0.2) is 18.2 Å². The Bertz CT molecular complexity index is 412. The molecule has 1 heterocycles. The first-order valence-corrected chi connectivity index (χ1v) is 7.31. The second kappa shape index (κ2) is 6.95. The van der Waals surface area contributed by atoms with Crippen molar-refractivity contribution in [3.8, 4) is 11.5 Å². The molecule has 0 amide bonds. The highest BCUT2D eigenvalue weighted by atomic mass is 16.5. The van der Waals surface area contributed by atoms with Crippen molar-refractivity contribution in [1.29, 1.82) is 0 Å². The van der Waals surface area contributed by atoms with Gasteiger partial charge < -0.3 is 14.8 Å². The molecule has 0 radical (unpaired) electrons. The standard InChI is InChI=1S/C16H26N2O2/c1-12(2)18-6-5-14(11-18)17-10-13-7-15(19-3)9-16(8-13)20-4/h7-9,12,14,17H,5-6,10-11H2,1-4H3. The van der Waals surface area contributed by atoms with Gasteiger partial charge in [-0.3, -0.25) is 4.90 Å². The average molecular weight is 278 g/mol. The predicted octanol–water partition coefficient (Wildman–Crippen LogP) is 2.28. The van der Waals surface area contributed by atoms with Crippen LogP contribution in [0, 0.1) is 0 Å². The fourth-order valence-corrected chi connectivity index (χ4v) is 2.65. The van der Waals surface area contributed by atoms with Crippen molar-refractivity contribution in [1.82, 2.24) is 10.2 Å². The molecule has 1 fully saturated rings. The third-order valence-corrected chi connectivity index (χ3v) is 3.96. The number of hydrogen-bond donors (Lipinski definition) is 1. The lowest BCUT2D eigenvalue weighted by Crippen LogP contribution is -2.34. The zero-order valence-corrected chi connectivity index (χ0v) is 13.0. The van der Waals surface area contributed by atoms with Gasteiger partial charge in [-0.25, -0.2) is 0 Å². The molecule has 1 aromatic rings. The zero-order valence-electron chi connectivity index (χ0n) is 13.0. The Labute approximate surface area is 122 Å². The quantitative estimate of drug-likeness (QED) is 0.865. The minimum Gasteiger partial charge on any atom is -0.497 e. The number of hydrogen-bond acceptors (Lipinski definition) is 4. The number of nitrogens with zero attached hydrogens (tertiary/aromatic N) is 1. The Morgan fingerprint density at radius 1 is 1.20 bits per heavy atom. The van der Waals surface area contributed by atoms with Crippen molar-refractivity contribution in [3.63, 3.8) is 0 Å². The highest BCUT2D eigenvalue weighted by Gasteiger charge is 2.23. The molecule has 4 nitrogen and oxygen atoms in total. The van der Waals surface area contributed by atoms with E-state index in [4.69, 9.17) is 9.47 Å². The summed E-state index contributed by atoms with van der Waals surface area (Å²) in [6.07, 6.45) is 1.22. The Balaban J connectivity index is 1.91. The van der Waals surface area contributed by atoms with Crippen LogP contribution in [-0.4, -0.2) is 44.3 Å². The lowest BCUT2D eigenvalue weighted by molar-refractivity contribution is 0.268. The van der Waals surface area contributed by atoms with Crippen LogP contribution in [0.5, 0.6) is 11.5 Å². The minimum atomic E-state index is 0.578. The topological polar surface area (TPSA) is 33.7 Å². The molecule has 2 rings (SSSR count). The largest absolute Gasteiger partial charge is 0.497 e. The second-order valence-electron chi connectivity index (χ2n) is 5.68. The van der Waals surface area contributed by atoms with Gasteiger partial charge in [0.2, 0.25) is 0 Å². The van der Waals surface area contributed by atoms with Crippen molar-refractivity contribution >= 4 is 0 Å². The first-order chi connectivity index (χ1) is 9.62. The normalized spacial score (nSPS) is 19.6. The second-order valence-corrected chi connectivity index (χ2v) is 5.68. The summed E-state index contributed by atoms with van der Waals surface area (Å²) in [4.78, 5) is 2.52. The highest BCUT2D eigenvalue weighted by molar-refractivity contribution is 5.38. The van der Waals surface area contributed by atoms with Crippen molar-refractivity contribution in [2.24, 2.45) is 0 Å². The molecule has 0 spiro atoms. The summed E-state index contributed by atoms with van der Waals surface area (Å²) >= 11 is 0. The van der Waals surface area contributed by atoms with Crippen LogP contribution in [0.3, 0.4) is 0 Å². The molecule has 1 unspecified atom stereocenters. The fraction of sp³-hybridized carbons (Fsp3) is 0.625. The monoisotopic (exact) mass is 278 g/mol. The van der Waals surface area contributed by atoms with E-state index < -0.39 is 0 Å². The maximum Gasteiger partial charge on any atom is 0.122 e. The number of benzene rings is 1. The van der Waals surface area contributed by atoms with Crippen LogP contribution in [0.2, 0.25) is 0 Å². The van der Waals surface area contributed by atoms with Gasteiger partial charge in [0, 0.05) is 31.2 Å². The lowest BCUT2D eigenvalue weighted by atomic mass is 10.1. The molecule has 4 heteroatoms. The summed E-state index contributed by atoms with van der Waals surface area (Å²) in [7, 11) is 3.37. The molecule has 1 saturated heterocycles. The van der Waals surface area contributed by atoms with Crippen LogP contribution < -0.4 is 14.8 Å². The molecule has 0 bridgehead atoms. The van der Waals surface area contributed by atoms with Crippen molar-refractivity contribution < 1.29 is 9.47 Å². The fourth-order valence-electron chi connectivity index (χ4n) is 2.65. The van der Waals surface area contributed by atoms with E-state index in [1.165, 1.54) is 18.5 Å². The van der Waals surface area contributed by atoms with E-state index in [1.54, 1.807) is 14.2 Å². The predicted molar refractivity (Wildman–Crippen MR) is 81.5 cm³/mol. The van der Waals surface area contributed by atoms with Crippen molar-refractivity contribution in [3.05, 3.63) is 23.8 Å². The molecular formula is C16H26N2O2. The smallest absolute Gasteiger partial charge is 0.122 e. The third-order valence-electron chi connectivity index (χ3n) is 3.96. The van der Waals surface area contributed by atoms with Gasteiger partial charge in [0.25, 0.3) is 0 Å². The Kier molecular flexibility index (Phi) is 5.26. The van der Waals surface area contributed by atoms with Gasteiger partial charge in [-0.1, -0.05) is 0 Å². The molecule has 0 saturated carbocycles.